The van der Waals surface area contributed by atoms with E-state index in [1.807, 2.05) is 0 Å². The van der Waals surface area contributed by atoms with Gasteiger partial charge in [0, 0.05) is 65.4 Å². The molecule has 156 valence electrons. The van der Waals surface area contributed by atoms with Crippen LogP contribution < -0.4 is 51.9 Å². The molecule has 2 radical (unpaired) electrons. The third-order valence-electron chi connectivity index (χ3n) is 4.15. The van der Waals surface area contributed by atoms with E-state index < -0.39 is 0 Å². The van der Waals surface area contributed by atoms with Crippen LogP contribution in [-0.2, 0) is 65.4 Å². The normalized spacial score (nSPS) is 9.88. The average molecular weight is 798 g/mol. The van der Waals surface area contributed by atoms with Gasteiger partial charge in [-0.15, -0.1) is 0 Å². The van der Waals surface area contributed by atoms with E-state index in [1.54, 1.807) is 0 Å². The van der Waals surface area contributed by atoms with Crippen molar-refractivity contribution in [2.45, 2.75) is 0 Å². The molecule has 2 nitrogen and oxygen atoms in total. The van der Waals surface area contributed by atoms with Gasteiger partial charge in [-0.2, -0.15) is 0 Å². The van der Waals surface area contributed by atoms with E-state index in [-0.39, 0.29) is 108 Å². The summed E-state index contributed by atoms with van der Waals surface area (Å²) in [4.78, 5) is 0. The predicted octanol–water partition coefficient (Wildman–Crippen LogP) is -0.604. The zero-order valence-electron chi connectivity index (χ0n) is 17.5. The van der Waals surface area contributed by atoms with Crippen LogP contribution in [-0.4, -0.2) is 13.2 Å². The predicted molar refractivity (Wildman–Crippen MR) is 112 cm³/mol. The van der Waals surface area contributed by atoms with Crippen molar-refractivity contribution in [3.8, 4) is 11.5 Å². The first kappa shape index (κ1) is 28.4. The molecule has 0 aliphatic carbocycles. The fourth-order valence-corrected chi connectivity index (χ4v) is 7.14. The number of rotatable bonds is 9. The molecular weight excluding hydrogens is 776 g/mol. The smallest absolute Gasteiger partial charge is 0.357 e. The van der Waals surface area contributed by atoms with E-state index in [2.05, 4.69) is 109 Å². The first-order valence-corrected chi connectivity index (χ1v) is 14.0. The fraction of sp³-hybridized carbons (Fsp3) is 0.0769. The van der Waals surface area contributed by atoms with Crippen molar-refractivity contribution in [3.63, 3.8) is 0 Å². The van der Waals surface area contributed by atoms with Crippen LogP contribution >= 0.6 is 0 Å². The summed E-state index contributed by atoms with van der Waals surface area (Å²) in [6.07, 6.45) is 0. The molecule has 0 atom stereocenters. The molecule has 0 amide bonds. The maximum atomic E-state index is 5.83. The maximum Gasteiger partial charge on any atom is 0.357 e. The molecule has 4 rings (SSSR count). The SMILES string of the molecule is [Y].[Y].c1ccc([I+]c2ccc(OCCOc3ccc([I+]c4ccccc4)cc3)cc2)cc1. The Balaban J connectivity index is 0.00000181. The molecule has 0 bridgehead atoms. The van der Waals surface area contributed by atoms with Crippen molar-refractivity contribution >= 4 is 0 Å². The summed E-state index contributed by atoms with van der Waals surface area (Å²) in [5, 5.41) is 0. The molecule has 0 spiro atoms. The zero-order valence-corrected chi connectivity index (χ0v) is 27.5. The molecule has 0 unspecified atom stereocenters. The van der Waals surface area contributed by atoms with E-state index in [1.165, 1.54) is 14.3 Å². The second-order valence-electron chi connectivity index (χ2n) is 6.38. The molecule has 32 heavy (non-hydrogen) atoms. The molecular formula is C26H22I2O2Y2+2. The largest absolute Gasteiger partial charge is 0.490 e. The molecule has 0 saturated heterocycles. The summed E-state index contributed by atoms with van der Waals surface area (Å²) in [6, 6.07) is 38.2. The summed E-state index contributed by atoms with van der Waals surface area (Å²) in [6.45, 7) is 1.07. The van der Waals surface area contributed by atoms with E-state index in [0.29, 0.717) is 13.2 Å². The minimum atomic E-state index is -0.129. The monoisotopic (exact) mass is 798 g/mol. The molecule has 0 aliphatic rings. The summed E-state index contributed by atoms with van der Waals surface area (Å²) >= 11 is -0.259. The Bertz CT molecular complexity index is 942. The molecule has 0 aromatic heterocycles. The number of benzene rings is 4. The minimum absolute atomic E-state index is 0. The summed E-state index contributed by atoms with van der Waals surface area (Å²) in [5.74, 6) is 1.78. The topological polar surface area (TPSA) is 18.5 Å². The van der Waals surface area contributed by atoms with Crippen LogP contribution in [0, 0.1) is 14.3 Å². The van der Waals surface area contributed by atoms with Gasteiger partial charge in [0.15, 0.2) is 14.3 Å². The van der Waals surface area contributed by atoms with Crippen LogP contribution in [0.15, 0.2) is 109 Å². The summed E-state index contributed by atoms with van der Waals surface area (Å²) in [7, 11) is 0. The average Bonchev–Trinajstić information content (AvgIpc) is 2.80. The van der Waals surface area contributed by atoms with E-state index in [4.69, 9.17) is 9.47 Å². The Kier molecular flexibility index (Phi) is 14.1. The first-order valence-electron chi connectivity index (χ1n) is 9.71. The number of hydrogen-bond acceptors (Lipinski definition) is 2. The Morgan fingerprint density at radius 3 is 1.06 bits per heavy atom. The second kappa shape index (κ2) is 15.9. The molecule has 0 saturated carbocycles. The van der Waals surface area contributed by atoms with Gasteiger partial charge in [0.2, 0.25) is 0 Å². The van der Waals surface area contributed by atoms with E-state index in [9.17, 15) is 0 Å². The molecule has 6 heteroatoms. The van der Waals surface area contributed by atoms with Crippen LogP contribution in [0.1, 0.15) is 0 Å². The summed E-state index contributed by atoms with van der Waals surface area (Å²) in [5.41, 5.74) is 0. The number of ether oxygens (including phenoxy) is 2. The van der Waals surface area contributed by atoms with Crippen molar-refractivity contribution in [1.82, 2.24) is 0 Å². The third kappa shape index (κ3) is 9.79. The number of halogens is 2. The van der Waals surface area contributed by atoms with Crippen LogP contribution in [0.25, 0.3) is 0 Å². The van der Waals surface area contributed by atoms with Gasteiger partial charge in [0.05, 0.1) is 0 Å². The molecule has 0 heterocycles. The maximum absolute atomic E-state index is 5.83. The Morgan fingerprint density at radius 2 is 0.719 bits per heavy atom. The van der Waals surface area contributed by atoms with Crippen molar-refractivity contribution in [3.05, 3.63) is 123 Å². The van der Waals surface area contributed by atoms with Crippen molar-refractivity contribution in [2.24, 2.45) is 0 Å². The molecule has 0 aliphatic heterocycles. The second-order valence-corrected chi connectivity index (χ2v) is 12.4. The van der Waals surface area contributed by atoms with Crippen molar-refractivity contribution in [2.75, 3.05) is 13.2 Å². The number of hydrogen-bond donors (Lipinski definition) is 0. The fourth-order valence-electron chi connectivity index (χ4n) is 2.71. The van der Waals surface area contributed by atoms with Gasteiger partial charge < -0.3 is 9.47 Å². The van der Waals surface area contributed by atoms with Crippen LogP contribution in [0.4, 0.5) is 0 Å². The van der Waals surface area contributed by atoms with Gasteiger partial charge in [0.1, 0.15) is 24.7 Å². The van der Waals surface area contributed by atoms with Crippen molar-refractivity contribution < 1.29 is 117 Å². The van der Waals surface area contributed by atoms with Gasteiger partial charge in [-0.1, -0.05) is 36.4 Å². The van der Waals surface area contributed by atoms with E-state index in [0.717, 1.165) is 11.5 Å². The van der Waals surface area contributed by atoms with Gasteiger partial charge in [-0.05, 0) is 72.8 Å². The van der Waals surface area contributed by atoms with Crippen LogP contribution in [0.3, 0.4) is 0 Å². The van der Waals surface area contributed by atoms with Crippen LogP contribution in [0.2, 0.25) is 0 Å². The van der Waals surface area contributed by atoms with Crippen LogP contribution in [0.5, 0.6) is 11.5 Å². The molecule has 4 aromatic carbocycles. The van der Waals surface area contributed by atoms with Gasteiger partial charge in [-0.25, -0.2) is 0 Å². The summed E-state index contributed by atoms with van der Waals surface area (Å²) < 4.78 is 17.3. The zero-order chi connectivity index (χ0) is 20.4. The third-order valence-corrected chi connectivity index (χ3v) is 9.52. The first-order chi connectivity index (χ1) is 14.8. The molecule has 0 fully saturated rings. The standard InChI is InChI=1S/C26H22I2O2.2Y/c1-3-7-21(8-4-1)27-23-11-15-25(16-12-23)29-19-20-30-26-17-13-24(14-18-26)28-22-9-5-2-6-10-22;;/h1-18H,19-20H2;;/q+2;;. The van der Waals surface area contributed by atoms with Gasteiger partial charge >= 0.3 is 42.4 Å². The quantitative estimate of drug-likeness (QED) is 0.167. The molecule has 0 N–H and O–H groups in total. The van der Waals surface area contributed by atoms with E-state index >= 15 is 0 Å². The Morgan fingerprint density at radius 1 is 0.406 bits per heavy atom. The van der Waals surface area contributed by atoms with Gasteiger partial charge in [0.25, 0.3) is 0 Å². The molecule has 4 aromatic rings. The van der Waals surface area contributed by atoms with Gasteiger partial charge in [-0.3, -0.25) is 0 Å². The minimum Gasteiger partial charge on any atom is -0.490 e. The Hall–Kier alpha value is 0.148. The Labute approximate surface area is 261 Å². The van der Waals surface area contributed by atoms with Crippen molar-refractivity contribution in [1.29, 1.82) is 0 Å².